The molecule has 0 unspecified atom stereocenters. The van der Waals surface area contributed by atoms with Crippen LogP contribution in [0, 0.1) is 12.8 Å². The Kier molecular flexibility index (Phi) is 7.14. The summed E-state index contributed by atoms with van der Waals surface area (Å²) in [5.41, 5.74) is 5.32. The Morgan fingerprint density at radius 3 is 2.55 bits per heavy atom. The second-order valence-electron chi connectivity index (χ2n) is 9.33. The van der Waals surface area contributed by atoms with Crippen LogP contribution in [0.5, 0.6) is 0 Å². The SMILES string of the molecule is Cc1ccc2c(N3CCN(CCc4cccc(N(CC(C)C)C(=O)O)c4)CC3)cccc2n1. The lowest BCUT2D eigenvalue weighted by atomic mass is 10.1. The van der Waals surface area contributed by atoms with Gasteiger partial charge in [0.1, 0.15) is 0 Å². The molecule has 0 bridgehead atoms. The van der Waals surface area contributed by atoms with Crippen LogP contribution in [0.25, 0.3) is 10.9 Å². The summed E-state index contributed by atoms with van der Waals surface area (Å²) in [7, 11) is 0. The quantitative estimate of drug-likeness (QED) is 0.550. The number of fused-ring (bicyclic) bond motifs is 1. The van der Waals surface area contributed by atoms with Crippen LogP contribution in [0.15, 0.2) is 54.6 Å². The van der Waals surface area contributed by atoms with Crippen molar-refractivity contribution in [3.05, 3.63) is 65.9 Å². The van der Waals surface area contributed by atoms with Gasteiger partial charge in [0.25, 0.3) is 0 Å². The lowest BCUT2D eigenvalue weighted by Gasteiger charge is -2.36. The Morgan fingerprint density at radius 2 is 1.82 bits per heavy atom. The zero-order chi connectivity index (χ0) is 23.4. The standard InChI is InChI=1S/C27H34N4O2/c1-20(2)19-31(27(32)33)23-7-4-6-22(18-23)12-13-29-14-16-30(17-15-29)26-9-5-8-25-24(26)11-10-21(3)28-25/h4-11,18,20H,12-17,19H2,1-3H3,(H,32,33). The van der Waals surface area contributed by atoms with Gasteiger partial charge in [-0.15, -0.1) is 0 Å². The molecule has 2 aromatic carbocycles. The van der Waals surface area contributed by atoms with Crippen LogP contribution in [-0.2, 0) is 6.42 Å². The number of aryl methyl sites for hydroxylation is 1. The predicted octanol–water partition coefficient (Wildman–Crippen LogP) is 5.05. The first-order valence-corrected chi connectivity index (χ1v) is 11.8. The molecule has 1 fully saturated rings. The third-order valence-corrected chi connectivity index (χ3v) is 6.28. The molecule has 0 radical (unpaired) electrons. The highest BCUT2D eigenvalue weighted by molar-refractivity contribution is 5.92. The largest absolute Gasteiger partial charge is 0.465 e. The number of hydrogen-bond acceptors (Lipinski definition) is 4. The molecule has 1 aromatic heterocycles. The van der Waals surface area contributed by atoms with Crippen LogP contribution in [0.2, 0.25) is 0 Å². The number of rotatable bonds is 7. The summed E-state index contributed by atoms with van der Waals surface area (Å²) in [4.78, 5) is 22.8. The van der Waals surface area contributed by atoms with Gasteiger partial charge in [-0.25, -0.2) is 4.79 Å². The van der Waals surface area contributed by atoms with E-state index in [9.17, 15) is 9.90 Å². The monoisotopic (exact) mass is 446 g/mol. The molecule has 0 saturated carbocycles. The number of aromatic nitrogens is 1. The van der Waals surface area contributed by atoms with E-state index in [0.717, 1.165) is 56.0 Å². The summed E-state index contributed by atoms with van der Waals surface area (Å²) >= 11 is 0. The third kappa shape index (κ3) is 5.63. The normalized spacial score (nSPS) is 14.7. The number of piperazine rings is 1. The minimum absolute atomic E-state index is 0.280. The van der Waals surface area contributed by atoms with Crippen molar-refractivity contribution in [1.82, 2.24) is 9.88 Å². The number of hydrogen-bond donors (Lipinski definition) is 1. The smallest absolute Gasteiger partial charge is 0.411 e. The number of carboxylic acid groups (broad SMARTS) is 1. The molecule has 1 aliphatic heterocycles. The average Bonchev–Trinajstić information content (AvgIpc) is 2.81. The highest BCUT2D eigenvalue weighted by Gasteiger charge is 2.19. The molecule has 0 aliphatic carbocycles. The van der Waals surface area contributed by atoms with Crippen molar-refractivity contribution in [2.24, 2.45) is 5.92 Å². The van der Waals surface area contributed by atoms with E-state index in [4.69, 9.17) is 0 Å². The molecule has 1 aliphatic rings. The minimum atomic E-state index is -0.893. The first-order valence-electron chi connectivity index (χ1n) is 11.8. The number of amides is 1. The average molecular weight is 447 g/mol. The fourth-order valence-corrected chi connectivity index (χ4v) is 4.55. The fraction of sp³-hybridized carbons (Fsp3) is 0.407. The van der Waals surface area contributed by atoms with Crippen LogP contribution >= 0.6 is 0 Å². The molecule has 2 heterocycles. The number of nitrogens with zero attached hydrogens (tertiary/aromatic N) is 4. The molecular weight excluding hydrogens is 412 g/mol. The first-order chi connectivity index (χ1) is 15.9. The highest BCUT2D eigenvalue weighted by atomic mass is 16.4. The van der Waals surface area contributed by atoms with Gasteiger partial charge in [0.2, 0.25) is 0 Å². The molecule has 3 aromatic rings. The molecule has 1 amide bonds. The van der Waals surface area contributed by atoms with Crippen LogP contribution in [0.1, 0.15) is 25.1 Å². The lowest BCUT2D eigenvalue weighted by Crippen LogP contribution is -2.47. The Labute approximate surface area is 196 Å². The summed E-state index contributed by atoms with van der Waals surface area (Å²) in [6.07, 6.45) is 0.0243. The summed E-state index contributed by atoms with van der Waals surface area (Å²) in [6, 6.07) is 18.6. The maximum atomic E-state index is 11.7. The summed E-state index contributed by atoms with van der Waals surface area (Å²) < 4.78 is 0. The van der Waals surface area contributed by atoms with Crippen LogP contribution in [0.3, 0.4) is 0 Å². The van der Waals surface area contributed by atoms with Gasteiger partial charge in [0.15, 0.2) is 0 Å². The maximum Gasteiger partial charge on any atom is 0.411 e. The molecule has 6 nitrogen and oxygen atoms in total. The van der Waals surface area contributed by atoms with Gasteiger partial charge in [-0.2, -0.15) is 0 Å². The van der Waals surface area contributed by atoms with Crippen molar-refractivity contribution in [2.75, 3.05) is 49.1 Å². The van der Waals surface area contributed by atoms with E-state index in [1.807, 2.05) is 39.0 Å². The van der Waals surface area contributed by atoms with Gasteiger partial charge in [-0.05, 0) is 61.2 Å². The molecular formula is C27H34N4O2. The number of benzene rings is 2. The third-order valence-electron chi connectivity index (χ3n) is 6.28. The Hall–Kier alpha value is -3.12. The highest BCUT2D eigenvalue weighted by Crippen LogP contribution is 2.27. The van der Waals surface area contributed by atoms with E-state index in [0.29, 0.717) is 6.54 Å². The van der Waals surface area contributed by atoms with E-state index in [1.165, 1.54) is 21.5 Å². The van der Waals surface area contributed by atoms with Gasteiger partial charge in [-0.3, -0.25) is 14.8 Å². The molecule has 174 valence electrons. The van der Waals surface area contributed by atoms with Gasteiger partial charge in [-0.1, -0.05) is 32.0 Å². The Balaban J connectivity index is 1.35. The summed E-state index contributed by atoms with van der Waals surface area (Å²) in [5.74, 6) is 0.280. The van der Waals surface area contributed by atoms with Gasteiger partial charge < -0.3 is 10.0 Å². The van der Waals surface area contributed by atoms with E-state index in [2.05, 4.69) is 51.2 Å². The van der Waals surface area contributed by atoms with Crippen LogP contribution in [-0.4, -0.2) is 60.4 Å². The lowest BCUT2D eigenvalue weighted by molar-refractivity contribution is 0.201. The molecule has 0 spiro atoms. The van der Waals surface area contributed by atoms with E-state index < -0.39 is 6.09 Å². The molecule has 4 rings (SSSR count). The minimum Gasteiger partial charge on any atom is -0.465 e. The summed E-state index contributed by atoms with van der Waals surface area (Å²) in [5, 5.41) is 10.8. The van der Waals surface area contributed by atoms with Crippen LogP contribution in [0.4, 0.5) is 16.2 Å². The Morgan fingerprint density at radius 1 is 1.06 bits per heavy atom. The zero-order valence-corrected chi connectivity index (χ0v) is 19.9. The molecule has 33 heavy (non-hydrogen) atoms. The summed E-state index contributed by atoms with van der Waals surface area (Å²) in [6.45, 7) is 11.6. The predicted molar refractivity (Wildman–Crippen MR) is 135 cm³/mol. The van der Waals surface area contributed by atoms with Crippen molar-refractivity contribution in [3.63, 3.8) is 0 Å². The second-order valence-corrected chi connectivity index (χ2v) is 9.33. The molecule has 1 saturated heterocycles. The molecule has 1 N–H and O–H groups in total. The van der Waals surface area contributed by atoms with Crippen molar-refractivity contribution >= 4 is 28.4 Å². The Bertz CT molecular complexity index is 1110. The zero-order valence-electron chi connectivity index (χ0n) is 19.9. The first kappa shape index (κ1) is 23.1. The molecule has 0 atom stereocenters. The van der Waals surface area contributed by atoms with Gasteiger partial charge >= 0.3 is 6.09 Å². The topological polar surface area (TPSA) is 59.9 Å². The van der Waals surface area contributed by atoms with E-state index in [-0.39, 0.29) is 5.92 Å². The molecule has 6 heteroatoms. The second kappa shape index (κ2) is 10.2. The van der Waals surface area contributed by atoms with E-state index >= 15 is 0 Å². The maximum absolute atomic E-state index is 11.7. The number of anilines is 2. The number of carbonyl (C=O) groups is 1. The van der Waals surface area contributed by atoms with Gasteiger partial charge in [0.05, 0.1) is 5.52 Å². The number of pyridine rings is 1. The fourth-order valence-electron chi connectivity index (χ4n) is 4.55. The van der Waals surface area contributed by atoms with Crippen molar-refractivity contribution in [3.8, 4) is 0 Å². The van der Waals surface area contributed by atoms with E-state index in [1.54, 1.807) is 0 Å². The van der Waals surface area contributed by atoms with Crippen molar-refractivity contribution in [2.45, 2.75) is 27.2 Å². The van der Waals surface area contributed by atoms with Crippen molar-refractivity contribution in [1.29, 1.82) is 0 Å². The van der Waals surface area contributed by atoms with Crippen LogP contribution < -0.4 is 9.80 Å². The van der Waals surface area contributed by atoms with Crippen molar-refractivity contribution < 1.29 is 9.90 Å². The van der Waals surface area contributed by atoms with Gasteiger partial charge in [0, 0.05) is 61.7 Å².